The summed E-state index contributed by atoms with van der Waals surface area (Å²) in [6.07, 6.45) is 7.93. The molecule has 1 aromatic carbocycles. The van der Waals surface area contributed by atoms with Crippen molar-refractivity contribution in [1.29, 1.82) is 5.26 Å². The predicted octanol–water partition coefficient (Wildman–Crippen LogP) is 3.81. The number of aliphatic imine (C=N–C) groups is 1. The number of allylic oxidation sites excluding steroid dienone is 3. The van der Waals surface area contributed by atoms with E-state index >= 15 is 0 Å². The van der Waals surface area contributed by atoms with Crippen LogP contribution in [0.3, 0.4) is 0 Å². The fraction of sp³-hybridized carbons (Fsp3) is 0.136. The number of anilines is 2. The molecule has 0 amide bonds. The van der Waals surface area contributed by atoms with E-state index in [1.54, 1.807) is 56.7 Å². The van der Waals surface area contributed by atoms with Gasteiger partial charge in [-0.2, -0.15) is 10.4 Å². The minimum Gasteiger partial charge on any atom is -0.482 e. The molecule has 0 saturated heterocycles. The van der Waals surface area contributed by atoms with Gasteiger partial charge < -0.3 is 15.8 Å². The molecule has 0 saturated carbocycles. The van der Waals surface area contributed by atoms with E-state index in [1.165, 1.54) is 16.8 Å². The molecule has 0 aliphatic carbocycles. The van der Waals surface area contributed by atoms with E-state index in [1.807, 2.05) is 0 Å². The molecule has 4 rings (SSSR count). The molecule has 3 heterocycles. The van der Waals surface area contributed by atoms with Crippen LogP contribution in [0.5, 0.6) is 5.75 Å². The van der Waals surface area contributed by atoms with Gasteiger partial charge in [0.15, 0.2) is 17.4 Å². The summed E-state index contributed by atoms with van der Waals surface area (Å²) in [5, 5.41) is 25.2. The molecule has 32 heavy (non-hydrogen) atoms. The number of nitrogens with one attached hydrogen (secondary N) is 1. The third kappa shape index (κ3) is 4.04. The molecule has 9 nitrogen and oxygen atoms in total. The Kier molecular flexibility index (Phi) is 5.63. The highest BCUT2D eigenvalue weighted by atomic mass is 19.1. The third-order valence-electron chi connectivity index (χ3n) is 4.77. The molecular weight excluding hydrogens is 411 g/mol. The Hall–Kier alpha value is -4.52. The van der Waals surface area contributed by atoms with E-state index in [2.05, 4.69) is 31.7 Å². The Labute approximate surface area is 183 Å². The number of nitriles is 1. The van der Waals surface area contributed by atoms with Gasteiger partial charge in [0.05, 0.1) is 5.56 Å². The number of hydrogen-bond acceptors (Lipinski definition) is 8. The zero-order valence-corrected chi connectivity index (χ0v) is 17.3. The van der Waals surface area contributed by atoms with Crippen molar-refractivity contribution in [2.75, 3.05) is 11.1 Å². The van der Waals surface area contributed by atoms with Gasteiger partial charge in [-0.15, -0.1) is 10.2 Å². The molecule has 3 aromatic rings. The summed E-state index contributed by atoms with van der Waals surface area (Å²) in [5.74, 6) is 0.204. The highest BCUT2D eigenvalue weighted by Crippen LogP contribution is 2.36. The zero-order valence-electron chi connectivity index (χ0n) is 17.3. The fourth-order valence-electron chi connectivity index (χ4n) is 3.24. The SMILES string of the molecule is C[C@H]1Oc2cc(nnc2N)-c2c(nn(C)c2C#N)N=C/C=C\C=C/Nc2ccc(F)cc21. The van der Waals surface area contributed by atoms with Crippen molar-refractivity contribution in [3.63, 3.8) is 0 Å². The minimum absolute atomic E-state index is 0.0582. The van der Waals surface area contributed by atoms with Crippen LogP contribution in [0.2, 0.25) is 0 Å². The van der Waals surface area contributed by atoms with Crippen LogP contribution in [-0.4, -0.2) is 26.2 Å². The topological polar surface area (TPSA) is 127 Å². The average Bonchev–Trinajstić information content (AvgIpc) is 3.09. The number of aryl methyl sites for hydroxylation is 1. The number of halogens is 1. The maximum Gasteiger partial charge on any atom is 0.188 e. The molecule has 10 heteroatoms. The summed E-state index contributed by atoms with van der Waals surface area (Å²) in [6.45, 7) is 1.77. The summed E-state index contributed by atoms with van der Waals surface area (Å²) >= 11 is 0. The molecule has 0 unspecified atom stereocenters. The molecule has 2 aromatic heterocycles. The standard InChI is InChI=1S/C22H19FN8O/c1-13-15-10-14(23)6-7-16(15)26-8-4-3-5-9-27-22-20(18(12-24)31(2)30-22)17-11-19(32-13)21(25)29-28-17/h3-11,13,26H,1-2H3,(H2,25,29)/b5-3-,8-4-,27-9?/t13-/m1/s1. The number of benzene rings is 1. The van der Waals surface area contributed by atoms with Gasteiger partial charge >= 0.3 is 0 Å². The minimum atomic E-state index is -0.578. The van der Waals surface area contributed by atoms with E-state index in [0.29, 0.717) is 28.3 Å². The van der Waals surface area contributed by atoms with Gasteiger partial charge in [0.2, 0.25) is 0 Å². The van der Waals surface area contributed by atoms with Crippen molar-refractivity contribution >= 4 is 23.5 Å². The molecule has 160 valence electrons. The molecule has 2 bridgehead atoms. The van der Waals surface area contributed by atoms with E-state index < -0.39 is 11.9 Å². The number of rotatable bonds is 0. The maximum absolute atomic E-state index is 14.0. The quantitative estimate of drug-likeness (QED) is 0.555. The first kappa shape index (κ1) is 20.7. The Morgan fingerprint density at radius 3 is 2.88 bits per heavy atom. The van der Waals surface area contributed by atoms with Gasteiger partial charge in [-0.25, -0.2) is 9.38 Å². The van der Waals surface area contributed by atoms with E-state index in [0.717, 1.165) is 0 Å². The second-order valence-electron chi connectivity index (χ2n) is 6.92. The lowest BCUT2D eigenvalue weighted by Gasteiger charge is -2.19. The number of nitrogen functional groups attached to an aromatic ring is 1. The molecule has 1 aliphatic rings. The van der Waals surface area contributed by atoms with Gasteiger partial charge in [-0.3, -0.25) is 4.68 Å². The van der Waals surface area contributed by atoms with Crippen molar-refractivity contribution in [2.45, 2.75) is 13.0 Å². The van der Waals surface area contributed by atoms with Gasteiger partial charge in [-0.05, 0) is 37.3 Å². The average molecular weight is 430 g/mol. The first-order valence-corrected chi connectivity index (χ1v) is 9.67. The molecular formula is C22H19FN8O. The van der Waals surface area contributed by atoms with Crippen molar-refractivity contribution in [3.8, 4) is 23.1 Å². The van der Waals surface area contributed by atoms with Crippen molar-refractivity contribution < 1.29 is 9.13 Å². The number of nitrogens with zero attached hydrogens (tertiary/aromatic N) is 6. The Bertz CT molecular complexity index is 1300. The van der Waals surface area contributed by atoms with Crippen LogP contribution in [0.1, 0.15) is 24.3 Å². The Balaban J connectivity index is 1.89. The lowest BCUT2D eigenvalue weighted by molar-refractivity contribution is 0.227. The molecule has 1 atom stereocenters. The van der Waals surface area contributed by atoms with Gasteiger partial charge in [0, 0.05) is 36.8 Å². The lowest BCUT2D eigenvalue weighted by Crippen LogP contribution is -2.09. The first-order valence-electron chi connectivity index (χ1n) is 9.67. The normalized spacial score (nSPS) is 17.2. The molecule has 0 spiro atoms. The number of fused-ring (bicyclic) bond motifs is 5. The monoisotopic (exact) mass is 430 g/mol. The van der Waals surface area contributed by atoms with Crippen molar-refractivity contribution in [1.82, 2.24) is 20.0 Å². The van der Waals surface area contributed by atoms with Crippen LogP contribution in [0.15, 0.2) is 53.7 Å². The number of hydrogen-bond donors (Lipinski definition) is 2. The summed E-state index contributed by atoms with van der Waals surface area (Å²) in [6, 6.07) is 8.07. The highest BCUT2D eigenvalue weighted by Gasteiger charge is 2.22. The largest absolute Gasteiger partial charge is 0.482 e. The summed E-state index contributed by atoms with van der Waals surface area (Å²) in [4.78, 5) is 4.35. The Morgan fingerprint density at radius 2 is 2.06 bits per heavy atom. The highest BCUT2D eigenvalue weighted by molar-refractivity contribution is 5.82. The zero-order chi connectivity index (χ0) is 22.7. The van der Waals surface area contributed by atoms with Gasteiger partial charge in [0.25, 0.3) is 0 Å². The number of aromatic nitrogens is 4. The predicted molar refractivity (Wildman–Crippen MR) is 119 cm³/mol. The molecule has 1 aliphatic heterocycles. The third-order valence-corrected chi connectivity index (χ3v) is 4.77. The molecule has 0 radical (unpaired) electrons. The van der Waals surface area contributed by atoms with E-state index in [-0.39, 0.29) is 17.3 Å². The Morgan fingerprint density at radius 1 is 1.22 bits per heavy atom. The van der Waals surface area contributed by atoms with Crippen LogP contribution >= 0.6 is 0 Å². The van der Waals surface area contributed by atoms with E-state index in [4.69, 9.17) is 10.5 Å². The fourth-order valence-corrected chi connectivity index (χ4v) is 3.24. The van der Waals surface area contributed by atoms with Gasteiger partial charge in [0.1, 0.15) is 29.4 Å². The van der Waals surface area contributed by atoms with E-state index in [9.17, 15) is 9.65 Å². The first-order chi connectivity index (χ1) is 15.5. The van der Waals surface area contributed by atoms with Crippen LogP contribution in [0.25, 0.3) is 11.3 Å². The smallest absolute Gasteiger partial charge is 0.188 e. The van der Waals surface area contributed by atoms with Gasteiger partial charge in [-0.1, -0.05) is 6.08 Å². The molecule has 0 fully saturated rings. The summed E-state index contributed by atoms with van der Waals surface area (Å²) < 4.78 is 21.4. The maximum atomic E-state index is 14.0. The van der Waals surface area contributed by atoms with Crippen LogP contribution in [0.4, 0.5) is 21.7 Å². The van der Waals surface area contributed by atoms with Crippen LogP contribution in [-0.2, 0) is 7.05 Å². The van der Waals surface area contributed by atoms with Crippen molar-refractivity contribution in [2.24, 2.45) is 12.0 Å². The number of nitrogens with two attached hydrogens (primary N) is 1. The number of ether oxygens (including phenoxy) is 1. The second-order valence-corrected chi connectivity index (χ2v) is 6.92. The molecule has 3 N–H and O–H groups in total. The summed E-state index contributed by atoms with van der Waals surface area (Å²) in [7, 11) is 1.64. The summed E-state index contributed by atoms with van der Waals surface area (Å²) in [5.41, 5.74) is 8.25. The van der Waals surface area contributed by atoms with Crippen LogP contribution < -0.4 is 15.8 Å². The van der Waals surface area contributed by atoms with Crippen molar-refractivity contribution in [3.05, 3.63) is 65.8 Å². The second kappa shape index (κ2) is 8.69. The lowest BCUT2D eigenvalue weighted by atomic mass is 10.1. The van der Waals surface area contributed by atoms with Crippen LogP contribution in [0, 0.1) is 17.1 Å².